The summed E-state index contributed by atoms with van der Waals surface area (Å²) in [4.78, 5) is 31.1. The topological polar surface area (TPSA) is 69.9 Å². The van der Waals surface area contributed by atoms with Crippen molar-refractivity contribution in [3.63, 3.8) is 0 Å². The fraction of sp³-hybridized carbons (Fsp3) is 0.174. The molecule has 6 nitrogen and oxygen atoms in total. The van der Waals surface area contributed by atoms with Crippen LogP contribution in [0.2, 0.25) is 5.02 Å². The zero-order valence-electron chi connectivity index (χ0n) is 17.1. The molecule has 0 bridgehead atoms. The van der Waals surface area contributed by atoms with Crippen LogP contribution in [0.3, 0.4) is 0 Å². The van der Waals surface area contributed by atoms with Gasteiger partial charge in [-0.1, -0.05) is 53.3 Å². The lowest BCUT2D eigenvalue weighted by Gasteiger charge is -2.25. The predicted octanol–water partition coefficient (Wildman–Crippen LogP) is 3.07. The number of benzene rings is 2. The minimum absolute atomic E-state index is 0.251. The third-order valence-corrected chi connectivity index (χ3v) is 6.37. The van der Waals surface area contributed by atoms with E-state index >= 15 is 0 Å². The first-order valence-electron chi connectivity index (χ1n) is 9.44. The van der Waals surface area contributed by atoms with Crippen molar-refractivity contribution in [2.24, 2.45) is 4.99 Å². The van der Waals surface area contributed by atoms with Crippen molar-refractivity contribution in [2.45, 2.75) is 13.0 Å². The average molecular weight is 455 g/mol. The van der Waals surface area contributed by atoms with Crippen LogP contribution in [0.4, 0.5) is 0 Å². The van der Waals surface area contributed by atoms with Crippen molar-refractivity contribution in [1.29, 1.82) is 0 Å². The Kier molecular flexibility index (Phi) is 5.80. The molecule has 1 atom stereocenters. The molecule has 3 aromatic rings. The molecule has 2 aromatic carbocycles. The number of rotatable bonds is 4. The van der Waals surface area contributed by atoms with Crippen LogP contribution in [0, 0.1) is 0 Å². The summed E-state index contributed by atoms with van der Waals surface area (Å²) in [5, 5.41) is 0.452. The molecule has 0 fully saturated rings. The summed E-state index contributed by atoms with van der Waals surface area (Å²) >= 11 is 7.73. The third kappa shape index (κ3) is 3.82. The Morgan fingerprint density at radius 3 is 2.52 bits per heavy atom. The van der Waals surface area contributed by atoms with E-state index in [-0.39, 0.29) is 5.56 Å². The third-order valence-electron chi connectivity index (χ3n) is 5.04. The Hall–Kier alpha value is -3.16. The van der Waals surface area contributed by atoms with Crippen LogP contribution in [0.5, 0.6) is 5.75 Å². The highest BCUT2D eigenvalue weighted by atomic mass is 35.5. The summed E-state index contributed by atoms with van der Waals surface area (Å²) in [7, 11) is 2.91. The van der Waals surface area contributed by atoms with Crippen LogP contribution < -0.4 is 19.6 Å². The highest BCUT2D eigenvalue weighted by Crippen LogP contribution is 2.34. The quantitative estimate of drug-likeness (QED) is 0.568. The summed E-state index contributed by atoms with van der Waals surface area (Å²) in [5.74, 6) is 0.186. The van der Waals surface area contributed by atoms with Gasteiger partial charge in [-0.05, 0) is 42.3 Å². The Morgan fingerprint density at radius 2 is 1.87 bits per heavy atom. The average Bonchev–Trinajstić information content (AvgIpc) is 3.08. The van der Waals surface area contributed by atoms with E-state index in [9.17, 15) is 9.59 Å². The Bertz CT molecular complexity index is 1370. The van der Waals surface area contributed by atoms with E-state index in [2.05, 4.69) is 4.99 Å². The number of nitrogens with zero attached hydrogens (tertiary/aromatic N) is 2. The highest BCUT2D eigenvalue weighted by Gasteiger charge is 2.34. The highest BCUT2D eigenvalue weighted by molar-refractivity contribution is 7.07. The number of halogens is 1. The molecule has 1 aliphatic rings. The summed E-state index contributed by atoms with van der Waals surface area (Å²) in [6.07, 6.45) is 1.80. The fourth-order valence-electron chi connectivity index (χ4n) is 3.54. The fourth-order valence-corrected chi connectivity index (χ4v) is 4.82. The van der Waals surface area contributed by atoms with Gasteiger partial charge in [0.15, 0.2) is 4.80 Å². The zero-order chi connectivity index (χ0) is 22.1. The Balaban J connectivity index is 1.96. The van der Waals surface area contributed by atoms with Gasteiger partial charge in [0.25, 0.3) is 5.56 Å². The lowest BCUT2D eigenvalue weighted by Crippen LogP contribution is -2.39. The van der Waals surface area contributed by atoms with Gasteiger partial charge in [-0.2, -0.15) is 0 Å². The first kappa shape index (κ1) is 21.1. The van der Waals surface area contributed by atoms with Gasteiger partial charge >= 0.3 is 5.97 Å². The first-order valence-corrected chi connectivity index (χ1v) is 10.6. The number of carbonyl (C=O) groups is 1. The van der Waals surface area contributed by atoms with Crippen molar-refractivity contribution in [3.8, 4) is 5.75 Å². The minimum Gasteiger partial charge on any atom is -0.497 e. The molecule has 1 aliphatic heterocycles. The van der Waals surface area contributed by atoms with Crippen LogP contribution in [-0.2, 0) is 9.53 Å². The molecule has 8 heteroatoms. The van der Waals surface area contributed by atoms with Crippen LogP contribution in [0.25, 0.3) is 6.08 Å². The van der Waals surface area contributed by atoms with E-state index in [1.807, 2.05) is 30.3 Å². The molecule has 0 saturated carbocycles. The monoisotopic (exact) mass is 454 g/mol. The summed E-state index contributed by atoms with van der Waals surface area (Å²) in [6, 6.07) is 13.8. The number of hydrogen-bond acceptors (Lipinski definition) is 6. The Morgan fingerprint density at radius 1 is 1.16 bits per heavy atom. The van der Waals surface area contributed by atoms with Crippen LogP contribution >= 0.6 is 22.9 Å². The van der Waals surface area contributed by atoms with Gasteiger partial charge in [-0.3, -0.25) is 9.36 Å². The normalized spacial score (nSPS) is 16.0. The lowest BCUT2D eigenvalue weighted by atomic mass is 9.96. The maximum absolute atomic E-state index is 13.4. The molecule has 0 radical (unpaired) electrons. The smallest absolute Gasteiger partial charge is 0.338 e. The van der Waals surface area contributed by atoms with E-state index in [1.54, 1.807) is 38.3 Å². The van der Waals surface area contributed by atoms with Crippen LogP contribution in [0.15, 0.2) is 69.6 Å². The zero-order valence-corrected chi connectivity index (χ0v) is 18.7. The van der Waals surface area contributed by atoms with Crippen LogP contribution in [0.1, 0.15) is 24.1 Å². The SMILES string of the molecule is COC(=O)C1=C(C)N=c2s/c(=C/c3ccc(OC)cc3)c(=O)n2C1c1ccccc1Cl. The molecule has 0 aliphatic carbocycles. The van der Waals surface area contributed by atoms with Crippen molar-refractivity contribution >= 4 is 35.0 Å². The second-order valence-electron chi connectivity index (χ2n) is 6.87. The number of fused-ring (bicyclic) bond motifs is 1. The molecule has 0 N–H and O–H groups in total. The lowest BCUT2D eigenvalue weighted by molar-refractivity contribution is -0.136. The van der Waals surface area contributed by atoms with Crippen molar-refractivity contribution in [1.82, 2.24) is 4.57 Å². The molecule has 0 spiro atoms. The molecule has 0 saturated heterocycles. The first-order chi connectivity index (χ1) is 14.9. The van der Waals surface area contributed by atoms with Gasteiger partial charge in [-0.15, -0.1) is 0 Å². The molecular weight excluding hydrogens is 436 g/mol. The van der Waals surface area contributed by atoms with E-state index < -0.39 is 12.0 Å². The summed E-state index contributed by atoms with van der Waals surface area (Å²) in [5.41, 5.74) is 2.02. The van der Waals surface area contributed by atoms with Gasteiger partial charge in [-0.25, -0.2) is 9.79 Å². The van der Waals surface area contributed by atoms with Gasteiger partial charge in [0, 0.05) is 5.02 Å². The van der Waals surface area contributed by atoms with Gasteiger partial charge in [0.2, 0.25) is 0 Å². The minimum atomic E-state index is -0.726. The Labute approximate surface area is 187 Å². The largest absolute Gasteiger partial charge is 0.497 e. The summed E-state index contributed by atoms with van der Waals surface area (Å²) in [6.45, 7) is 1.73. The molecule has 4 rings (SSSR count). The molecule has 2 heterocycles. The van der Waals surface area contributed by atoms with Crippen molar-refractivity contribution < 1.29 is 14.3 Å². The van der Waals surface area contributed by atoms with Crippen molar-refractivity contribution in [3.05, 3.63) is 95.6 Å². The molecule has 31 heavy (non-hydrogen) atoms. The summed E-state index contributed by atoms with van der Waals surface area (Å²) < 4.78 is 12.2. The standard InChI is InChI=1S/C23H19ClN2O4S/c1-13-19(22(28)30-3)20(16-6-4-5-7-17(16)24)26-21(27)18(31-23(26)25-13)12-14-8-10-15(29-2)11-9-14/h4-12,20H,1-3H3/b18-12+. The number of aromatic nitrogens is 1. The number of carbonyl (C=O) groups excluding carboxylic acids is 1. The predicted molar refractivity (Wildman–Crippen MR) is 120 cm³/mol. The molecule has 158 valence electrons. The van der Waals surface area contributed by atoms with E-state index in [0.717, 1.165) is 11.3 Å². The second-order valence-corrected chi connectivity index (χ2v) is 8.28. The van der Waals surface area contributed by atoms with Crippen LogP contribution in [-0.4, -0.2) is 24.8 Å². The maximum atomic E-state index is 13.4. The van der Waals surface area contributed by atoms with E-state index in [0.29, 0.717) is 31.2 Å². The molecular formula is C23H19ClN2O4S. The number of hydrogen-bond donors (Lipinski definition) is 0. The number of ether oxygens (including phenoxy) is 2. The van der Waals surface area contributed by atoms with Gasteiger partial charge in [0.05, 0.1) is 30.0 Å². The second kappa shape index (κ2) is 8.53. The van der Waals surface area contributed by atoms with Gasteiger partial charge in [0.1, 0.15) is 11.8 Å². The molecule has 1 aromatic heterocycles. The maximum Gasteiger partial charge on any atom is 0.338 e. The van der Waals surface area contributed by atoms with Crippen molar-refractivity contribution in [2.75, 3.05) is 14.2 Å². The van der Waals surface area contributed by atoms with E-state index in [1.165, 1.54) is 23.0 Å². The van der Waals surface area contributed by atoms with Gasteiger partial charge < -0.3 is 9.47 Å². The number of esters is 1. The molecule has 1 unspecified atom stereocenters. The number of allylic oxidation sites excluding steroid dienone is 1. The van der Waals surface area contributed by atoms with E-state index in [4.69, 9.17) is 21.1 Å². The molecule has 0 amide bonds. The number of methoxy groups -OCH3 is 2. The number of thiazole rings is 1.